The van der Waals surface area contributed by atoms with Crippen LogP contribution in [0.15, 0.2) is 4.99 Å². The first-order valence-corrected chi connectivity index (χ1v) is 4.85. The summed E-state index contributed by atoms with van der Waals surface area (Å²) in [4.78, 5) is 4.23. The second-order valence-electron chi connectivity index (χ2n) is 1.84. The van der Waals surface area contributed by atoms with Gasteiger partial charge in [-0.3, -0.25) is 0 Å². The van der Waals surface area contributed by atoms with Crippen LogP contribution in [0.4, 0.5) is 0 Å². The van der Waals surface area contributed by atoms with Crippen LogP contribution in [0.25, 0.3) is 0 Å². The fourth-order valence-corrected chi connectivity index (χ4v) is 2.53. The van der Waals surface area contributed by atoms with E-state index in [2.05, 4.69) is 11.9 Å². The molecule has 0 fully saturated rings. The first-order valence-electron chi connectivity index (χ1n) is 2.79. The third-order valence-corrected chi connectivity index (χ3v) is 3.20. The standard InChI is InChI=1S/C5H10N2Se/c1-2-4-3-8-5(6)7-4/h4H,2-3H2,1H3,(H2,6,7). The van der Waals surface area contributed by atoms with Gasteiger partial charge in [-0.2, -0.15) is 0 Å². The first-order chi connectivity index (χ1) is 3.83. The summed E-state index contributed by atoms with van der Waals surface area (Å²) in [5.74, 6) is 0. The summed E-state index contributed by atoms with van der Waals surface area (Å²) in [6.07, 6.45) is 1.16. The molecule has 0 aliphatic carbocycles. The maximum atomic E-state index is 5.48. The molecule has 1 aliphatic heterocycles. The van der Waals surface area contributed by atoms with E-state index in [-0.39, 0.29) is 0 Å². The van der Waals surface area contributed by atoms with Crippen molar-refractivity contribution in [2.24, 2.45) is 10.7 Å². The third kappa shape index (κ3) is 1.23. The molecule has 0 saturated heterocycles. The van der Waals surface area contributed by atoms with Crippen molar-refractivity contribution >= 4 is 19.7 Å². The molecule has 0 aromatic rings. The molecule has 0 bridgehead atoms. The predicted octanol–water partition coefficient (Wildman–Crippen LogP) is 0.216. The molecule has 1 aliphatic rings. The molecule has 1 heterocycles. The Morgan fingerprint density at radius 1 is 2.00 bits per heavy atom. The number of nitrogens with zero attached hydrogens (tertiary/aromatic N) is 1. The zero-order valence-electron chi connectivity index (χ0n) is 4.92. The molecule has 1 atom stereocenters. The van der Waals surface area contributed by atoms with Crippen molar-refractivity contribution in [1.82, 2.24) is 0 Å². The van der Waals surface area contributed by atoms with Crippen LogP contribution in [0.1, 0.15) is 13.3 Å². The Bertz CT molecular complexity index is 111. The summed E-state index contributed by atoms with van der Waals surface area (Å²) >= 11 is 0.528. The Morgan fingerprint density at radius 2 is 2.75 bits per heavy atom. The maximum absolute atomic E-state index is 5.48. The van der Waals surface area contributed by atoms with Gasteiger partial charge >= 0.3 is 55.1 Å². The van der Waals surface area contributed by atoms with Gasteiger partial charge in [0.1, 0.15) is 0 Å². The minimum absolute atomic E-state index is 0.528. The zero-order valence-corrected chi connectivity index (χ0v) is 6.64. The van der Waals surface area contributed by atoms with Crippen molar-refractivity contribution in [1.29, 1.82) is 0 Å². The number of hydrogen-bond donors (Lipinski definition) is 1. The van der Waals surface area contributed by atoms with Gasteiger partial charge in [-0.15, -0.1) is 0 Å². The van der Waals surface area contributed by atoms with E-state index >= 15 is 0 Å². The molecule has 1 unspecified atom stereocenters. The summed E-state index contributed by atoms with van der Waals surface area (Å²) in [5.41, 5.74) is 5.48. The van der Waals surface area contributed by atoms with Gasteiger partial charge in [0.05, 0.1) is 0 Å². The van der Waals surface area contributed by atoms with Crippen LogP contribution >= 0.6 is 0 Å². The van der Waals surface area contributed by atoms with Crippen molar-refractivity contribution in [2.75, 3.05) is 0 Å². The average Bonchev–Trinajstić information content (AvgIpc) is 2.14. The third-order valence-electron chi connectivity index (χ3n) is 1.20. The van der Waals surface area contributed by atoms with Crippen molar-refractivity contribution in [3.63, 3.8) is 0 Å². The van der Waals surface area contributed by atoms with Crippen LogP contribution in [0.2, 0.25) is 5.32 Å². The van der Waals surface area contributed by atoms with Gasteiger partial charge in [0.15, 0.2) is 0 Å². The number of nitrogens with two attached hydrogens (primary N) is 1. The molecule has 0 spiro atoms. The second kappa shape index (κ2) is 2.51. The fourth-order valence-electron chi connectivity index (χ4n) is 0.645. The van der Waals surface area contributed by atoms with E-state index in [9.17, 15) is 0 Å². The van der Waals surface area contributed by atoms with E-state index in [1.54, 1.807) is 0 Å². The summed E-state index contributed by atoms with van der Waals surface area (Å²) in [7, 11) is 0. The quantitative estimate of drug-likeness (QED) is 0.571. The molecule has 0 aromatic heterocycles. The molecule has 3 heteroatoms. The molecular formula is C5H10N2Se. The van der Waals surface area contributed by atoms with Gasteiger partial charge in [0.2, 0.25) is 0 Å². The Morgan fingerprint density at radius 3 is 3.00 bits per heavy atom. The van der Waals surface area contributed by atoms with Gasteiger partial charge in [0, 0.05) is 0 Å². The summed E-state index contributed by atoms with van der Waals surface area (Å²) in [5, 5.41) is 1.23. The number of aliphatic imine (C=N–C) groups is 1. The van der Waals surface area contributed by atoms with E-state index < -0.39 is 0 Å². The number of rotatable bonds is 1. The SMILES string of the molecule is CCC1C[Se]C(N)=N1. The van der Waals surface area contributed by atoms with Crippen LogP contribution in [-0.2, 0) is 0 Å². The molecule has 0 saturated carbocycles. The fraction of sp³-hybridized carbons (Fsp3) is 0.800. The molecule has 0 aromatic carbocycles. The van der Waals surface area contributed by atoms with Gasteiger partial charge in [0.25, 0.3) is 0 Å². The van der Waals surface area contributed by atoms with Crippen LogP contribution in [0, 0.1) is 0 Å². The van der Waals surface area contributed by atoms with Gasteiger partial charge in [-0.25, -0.2) is 0 Å². The molecule has 2 N–H and O–H groups in total. The average molecular weight is 177 g/mol. The van der Waals surface area contributed by atoms with Crippen LogP contribution in [0.3, 0.4) is 0 Å². The number of hydrogen-bond acceptors (Lipinski definition) is 2. The van der Waals surface area contributed by atoms with Gasteiger partial charge in [-0.1, -0.05) is 0 Å². The Kier molecular flexibility index (Phi) is 1.92. The molecule has 0 radical (unpaired) electrons. The van der Waals surface area contributed by atoms with E-state index in [0.717, 1.165) is 11.2 Å². The number of amidine groups is 1. The van der Waals surface area contributed by atoms with E-state index in [4.69, 9.17) is 5.73 Å². The molecule has 0 amide bonds. The summed E-state index contributed by atoms with van der Waals surface area (Å²) < 4.78 is 0.907. The zero-order chi connectivity index (χ0) is 5.98. The Balaban J connectivity index is 2.41. The normalized spacial score (nSPS) is 28.1. The Labute approximate surface area is 55.7 Å². The molecule has 46 valence electrons. The summed E-state index contributed by atoms with van der Waals surface area (Å²) in [6.45, 7) is 2.16. The summed E-state index contributed by atoms with van der Waals surface area (Å²) in [6, 6.07) is 0.565. The predicted molar refractivity (Wildman–Crippen MR) is 36.3 cm³/mol. The molecule has 8 heavy (non-hydrogen) atoms. The molecular weight excluding hydrogens is 167 g/mol. The van der Waals surface area contributed by atoms with Crippen LogP contribution in [0.5, 0.6) is 0 Å². The van der Waals surface area contributed by atoms with Gasteiger partial charge < -0.3 is 0 Å². The van der Waals surface area contributed by atoms with Crippen molar-refractivity contribution < 1.29 is 0 Å². The topological polar surface area (TPSA) is 38.4 Å². The second-order valence-corrected chi connectivity index (χ2v) is 4.02. The monoisotopic (exact) mass is 178 g/mol. The van der Waals surface area contributed by atoms with Crippen molar-refractivity contribution in [3.8, 4) is 0 Å². The van der Waals surface area contributed by atoms with Crippen LogP contribution in [-0.4, -0.2) is 25.7 Å². The van der Waals surface area contributed by atoms with Crippen molar-refractivity contribution in [3.05, 3.63) is 0 Å². The molecule has 2 nitrogen and oxygen atoms in total. The van der Waals surface area contributed by atoms with E-state index in [1.807, 2.05) is 0 Å². The van der Waals surface area contributed by atoms with E-state index in [0.29, 0.717) is 21.0 Å². The van der Waals surface area contributed by atoms with Gasteiger partial charge in [-0.05, 0) is 0 Å². The first kappa shape index (κ1) is 6.11. The van der Waals surface area contributed by atoms with E-state index in [1.165, 1.54) is 5.32 Å². The van der Waals surface area contributed by atoms with Crippen molar-refractivity contribution in [2.45, 2.75) is 24.7 Å². The molecule has 1 rings (SSSR count). The minimum atomic E-state index is 0.528. The van der Waals surface area contributed by atoms with Crippen LogP contribution < -0.4 is 5.73 Å². The Hall–Kier alpha value is -0.0105.